The summed E-state index contributed by atoms with van der Waals surface area (Å²) in [7, 11) is 0. The Balaban J connectivity index is 1.89. The van der Waals surface area contributed by atoms with Crippen LogP contribution in [0.15, 0.2) is 54.7 Å². The molecule has 0 aliphatic heterocycles. The molecular weight excluding hydrogens is 262 g/mol. The fourth-order valence-corrected chi connectivity index (χ4v) is 2.17. The third-order valence-electron chi connectivity index (χ3n) is 3.48. The Hall–Kier alpha value is -2.62. The van der Waals surface area contributed by atoms with E-state index in [-0.39, 0.29) is 5.75 Å². The smallest absolute Gasteiger partial charge is 0.115 e. The molecule has 0 saturated heterocycles. The molecule has 0 unspecified atom stereocenters. The van der Waals surface area contributed by atoms with Gasteiger partial charge in [-0.15, -0.1) is 5.10 Å². The normalized spacial score (nSPS) is 11.0. The monoisotopic (exact) mass is 279 g/mol. The summed E-state index contributed by atoms with van der Waals surface area (Å²) in [6.07, 6.45) is 1.89. The van der Waals surface area contributed by atoms with Gasteiger partial charge in [-0.1, -0.05) is 43.3 Å². The molecule has 1 N–H and O–H groups in total. The van der Waals surface area contributed by atoms with Crippen molar-refractivity contribution in [1.82, 2.24) is 15.0 Å². The number of phenols is 1. The molecule has 0 atom stereocenters. The van der Waals surface area contributed by atoms with E-state index in [0.29, 0.717) is 5.92 Å². The molecule has 0 fully saturated rings. The Labute approximate surface area is 123 Å². The maximum absolute atomic E-state index is 9.31. The number of phenolic OH excluding ortho intramolecular Hbond substituents is 1. The quantitative estimate of drug-likeness (QED) is 0.794. The van der Waals surface area contributed by atoms with E-state index in [0.717, 1.165) is 16.9 Å². The first-order valence-corrected chi connectivity index (χ1v) is 6.95. The average molecular weight is 279 g/mol. The summed E-state index contributed by atoms with van der Waals surface area (Å²) in [5, 5.41) is 17.7. The highest BCUT2D eigenvalue weighted by atomic mass is 16.3. The molecule has 21 heavy (non-hydrogen) atoms. The van der Waals surface area contributed by atoms with E-state index in [4.69, 9.17) is 0 Å². The molecule has 3 aromatic rings. The zero-order valence-electron chi connectivity index (χ0n) is 12.1. The van der Waals surface area contributed by atoms with Crippen LogP contribution < -0.4 is 0 Å². The largest absolute Gasteiger partial charge is 0.508 e. The van der Waals surface area contributed by atoms with Crippen molar-refractivity contribution in [2.45, 2.75) is 19.8 Å². The highest BCUT2D eigenvalue weighted by Crippen LogP contribution is 2.22. The van der Waals surface area contributed by atoms with Crippen LogP contribution in [0.2, 0.25) is 0 Å². The number of nitrogens with zero attached hydrogens (tertiary/aromatic N) is 3. The molecule has 1 heterocycles. The van der Waals surface area contributed by atoms with Gasteiger partial charge in [0.15, 0.2) is 0 Å². The number of benzene rings is 2. The first kappa shape index (κ1) is 13.4. The van der Waals surface area contributed by atoms with E-state index in [9.17, 15) is 5.11 Å². The Morgan fingerprint density at radius 1 is 0.952 bits per heavy atom. The van der Waals surface area contributed by atoms with E-state index >= 15 is 0 Å². The fourth-order valence-electron chi connectivity index (χ4n) is 2.17. The molecule has 0 bridgehead atoms. The van der Waals surface area contributed by atoms with Crippen molar-refractivity contribution >= 4 is 0 Å². The van der Waals surface area contributed by atoms with E-state index in [1.54, 1.807) is 28.9 Å². The van der Waals surface area contributed by atoms with Crippen molar-refractivity contribution in [3.63, 3.8) is 0 Å². The van der Waals surface area contributed by atoms with Crippen LogP contribution in [-0.2, 0) is 0 Å². The minimum atomic E-state index is 0.239. The van der Waals surface area contributed by atoms with Gasteiger partial charge in [-0.3, -0.25) is 0 Å². The van der Waals surface area contributed by atoms with Crippen molar-refractivity contribution in [1.29, 1.82) is 0 Å². The number of hydrogen-bond acceptors (Lipinski definition) is 3. The molecule has 4 nitrogen and oxygen atoms in total. The molecule has 0 aliphatic rings. The molecule has 0 aliphatic carbocycles. The first-order valence-electron chi connectivity index (χ1n) is 6.95. The number of aromatic hydroxyl groups is 1. The third-order valence-corrected chi connectivity index (χ3v) is 3.48. The highest BCUT2D eigenvalue weighted by molar-refractivity contribution is 5.58. The van der Waals surface area contributed by atoms with Crippen LogP contribution in [0.25, 0.3) is 16.9 Å². The van der Waals surface area contributed by atoms with Crippen LogP contribution in [0.1, 0.15) is 25.3 Å². The third kappa shape index (κ3) is 2.79. The zero-order valence-corrected chi connectivity index (χ0v) is 12.1. The lowest BCUT2D eigenvalue weighted by molar-refractivity contribution is 0.475. The van der Waals surface area contributed by atoms with E-state index in [2.05, 4.69) is 48.4 Å². The lowest BCUT2D eigenvalue weighted by atomic mass is 10.0. The van der Waals surface area contributed by atoms with Gasteiger partial charge in [0.25, 0.3) is 0 Å². The van der Waals surface area contributed by atoms with Crippen LogP contribution in [0.3, 0.4) is 0 Å². The van der Waals surface area contributed by atoms with Crippen LogP contribution in [-0.4, -0.2) is 20.1 Å². The zero-order chi connectivity index (χ0) is 14.8. The fraction of sp³-hybridized carbons (Fsp3) is 0.176. The molecular formula is C17H17N3O. The highest BCUT2D eigenvalue weighted by Gasteiger charge is 2.06. The van der Waals surface area contributed by atoms with E-state index < -0.39 is 0 Å². The maximum atomic E-state index is 9.31. The molecule has 4 heteroatoms. The molecule has 1 aromatic heterocycles. The van der Waals surface area contributed by atoms with Gasteiger partial charge in [-0.2, -0.15) is 0 Å². The Kier molecular flexibility index (Phi) is 3.44. The van der Waals surface area contributed by atoms with Gasteiger partial charge in [-0.25, -0.2) is 4.68 Å². The van der Waals surface area contributed by atoms with Crippen LogP contribution in [0, 0.1) is 0 Å². The van der Waals surface area contributed by atoms with Gasteiger partial charge in [0.2, 0.25) is 0 Å². The lowest BCUT2D eigenvalue weighted by Gasteiger charge is -2.05. The minimum absolute atomic E-state index is 0.239. The van der Waals surface area contributed by atoms with Gasteiger partial charge in [-0.05, 0) is 35.7 Å². The Bertz CT molecular complexity index is 727. The van der Waals surface area contributed by atoms with Crippen LogP contribution >= 0.6 is 0 Å². The predicted octanol–water partition coefficient (Wildman–Crippen LogP) is 3.76. The maximum Gasteiger partial charge on any atom is 0.115 e. The van der Waals surface area contributed by atoms with Crippen molar-refractivity contribution < 1.29 is 5.11 Å². The Morgan fingerprint density at radius 2 is 1.62 bits per heavy atom. The van der Waals surface area contributed by atoms with E-state index in [1.807, 2.05) is 6.20 Å². The molecule has 0 spiro atoms. The number of hydrogen-bond donors (Lipinski definition) is 1. The van der Waals surface area contributed by atoms with Crippen molar-refractivity contribution in [3.8, 4) is 22.7 Å². The van der Waals surface area contributed by atoms with Gasteiger partial charge < -0.3 is 5.11 Å². The topological polar surface area (TPSA) is 50.9 Å². The molecule has 2 aromatic carbocycles. The second-order valence-electron chi connectivity index (χ2n) is 5.34. The number of aromatic nitrogens is 3. The minimum Gasteiger partial charge on any atom is -0.508 e. The van der Waals surface area contributed by atoms with Crippen molar-refractivity contribution in [2.24, 2.45) is 0 Å². The van der Waals surface area contributed by atoms with Crippen molar-refractivity contribution in [2.75, 3.05) is 0 Å². The summed E-state index contributed by atoms with van der Waals surface area (Å²) >= 11 is 0. The van der Waals surface area contributed by atoms with Crippen LogP contribution in [0.4, 0.5) is 0 Å². The van der Waals surface area contributed by atoms with Gasteiger partial charge >= 0.3 is 0 Å². The Morgan fingerprint density at radius 3 is 2.24 bits per heavy atom. The molecule has 3 rings (SSSR count). The summed E-state index contributed by atoms with van der Waals surface area (Å²) in [6, 6.07) is 15.3. The summed E-state index contributed by atoms with van der Waals surface area (Å²) in [5.74, 6) is 0.759. The molecule has 0 radical (unpaired) electrons. The second-order valence-corrected chi connectivity index (χ2v) is 5.34. The standard InChI is InChI=1S/C17H17N3O/c1-12(2)13-3-5-14(6-4-13)17-11-20(19-18-17)15-7-9-16(21)10-8-15/h3-12,21H,1-2H3. The van der Waals surface area contributed by atoms with E-state index in [1.165, 1.54) is 5.56 Å². The van der Waals surface area contributed by atoms with Crippen molar-refractivity contribution in [3.05, 3.63) is 60.3 Å². The molecule has 106 valence electrons. The number of rotatable bonds is 3. The average Bonchev–Trinajstić information content (AvgIpc) is 2.98. The first-order chi connectivity index (χ1) is 10.1. The summed E-state index contributed by atoms with van der Waals surface area (Å²) < 4.78 is 1.70. The SMILES string of the molecule is CC(C)c1ccc(-c2cn(-c3ccc(O)cc3)nn2)cc1. The van der Waals surface area contributed by atoms with Gasteiger partial charge in [0.1, 0.15) is 11.4 Å². The summed E-state index contributed by atoms with van der Waals surface area (Å²) in [4.78, 5) is 0. The van der Waals surface area contributed by atoms with Gasteiger partial charge in [0.05, 0.1) is 11.9 Å². The summed E-state index contributed by atoms with van der Waals surface area (Å²) in [6.45, 7) is 4.35. The molecule has 0 saturated carbocycles. The lowest BCUT2D eigenvalue weighted by Crippen LogP contribution is -1.93. The second kappa shape index (κ2) is 5.40. The summed E-state index contributed by atoms with van der Waals surface area (Å²) in [5.41, 5.74) is 4.05. The predicted molar refractivity (Wildman–Crippen MR) is 82.5 cm³/mol. The van der Waals surface area contributed by atoms with Crippen LogP contribution in [0.5, 0.6) is 5.75 Å². The molecule has 0 amide bonds. The van der Waals surface area contributed by atoms with Gasteiger partial charge in [0, 0.05) is 5.56 Å².